The summed E-state index contributed by atoms with van der Waals surface area (Å²) in [5, 5.41) is 11.1. The Labute approximate surface area is 183 Å². The molecule has 1 saturated carbocycles. The van der Waals surface area contributed by atoms with Gasteiger partial charge in [-0.2, -0.15) is 0 Å². The van der Waals surface area contributed by atoms with E-state index in [-0.39, 0.29) is 5.78 Å². The standard InChI is InChI=1S/C27H28N2O2/c30-26(22-9-4-8-21(12-22)23-10-5-11-28-16-23)19-29-17-24-14-27(31,15-25(24)18-29)13-20-6-2-1-3-7-20/h1-12,16,24-25,31H,13-15,17-19H2/t24-,25+,27?. The molecular weight excluding hydrogens is 384 g/mol. The lowest BCUT2D eigenvalue weighted by atomic mass is 9.91. The van der Waals surface area contributed by atoms with E-state index in [1.54, 1.807) is 6.20 Å². The van der Waals surface area contributed by atoms with Gasteiger partial charge in [0.25, 0.3) is 0 Å². The minimum Gasteiger partial charge on any atom is -0.390 e. The fourth-order valence-corrected chi connectivity index (χ4v) is 5.51. The highest BCUT2D eigenvalue weighted by molar-refractivity contribution is 5.98. The van der Waals surface area contributed by atoms with Gasteiger partial charge < -0.3 is 5.11 Å². The second kappa shape index (κ2) is 8.37. The first-order chi connectivity index (χ1) is 15.1. The van der Waals surface area contributed by atoms with Crippen LogP contribution >= 0.6 is 0 Å². The zero-order chi connectivity index (χ0) is 21.3. The van der Waals surface area contributed by atoms with Gasteiger partial charge in [-0.1, -0.05) is 54.6 Å². The van der Waals surface area contributed by atoms with Crippen molar-refractivity contribution >= 4 is 5.78 Å². The molecular formula is C27H28N2O2. The fraction of sp³-hybridized carbons (Fsp3) is 0.333. The molecule has 2 aliphatic rings. The predicted octanol–water partition coefficient (Wildman–Crippen LogP) is 4.25. The highest BCUT2D eigenvalue weighted by Crippen LogP contribution is 2.45. The summed E-state index contributed by atoms with van der Waals surface area (Å²) in [5.41, 5.74) is 3.38. The summed E-state index contributed by atoms with van der Waals surface area (Å²) in [6.45, 7) is 2.24. The van der Waals surface area contributed by atoms with E-state index in [9.17, 15) is 9.90 Å². The van der Waals surface area contributed by atoms with Crippen molar-refractivity contribution in [3.63, 3.8) is 0 Å². The number of benzene rings is 2. The van der Waals surface area contributed by atoms with Crippen LogP contribution in [0.25, 0.3) is 11.1 Å². The van der Waals surface area contributed by atoms with Gasteiger partial charge in [0.15, 0.2) is 5.78 Å². The summed E-state index contributed by atoms with van der Waals surface area (Å²) in [6, 6.07) is 22.0. The molecule has 3 atom stereocenters. The first kappa shape index (κ1) is 20.1. The Balaban J connectivity index is 1.20. The van der Waals surface area contributed by atoms with Crippen LogP contribution in [0.1, 0.15) is 28.8 Å². The van der Waals surface area contributed by atoms with Crippen LogP contribution in [0.2, 0.25) is 0 Å². The molecule has 1 N–H and O–H groups in total. The van der Waals surface area contributed by atoms with Gasteiger partial charge in [0, 0.05) is 43.0 Å². The number of Topliss-reactive ketones (excluding diaryl/α,β-unsaturated/α-hetero) is 1. The third kappa shape index (κ3) is 4.46. The summed E-state index contributed by atoms with van der Waals surface area (Å²) in [4.78, 5) is 19.4. The predicted molar refractivity (Wildman–Crippen MR) is 122 cm³/mol. The zero-order valence-corrected chi connectivity index (χ0v) is 17.7. The number of ketones is 1. The second-order valence-corrected chi connectivity index (χ2v) is 9.25. The van der Waals surface area contributed by atoms with Crippen LogP contribution in [-0.4, -0.2) is 46.0 Å². The van der Waals surface area contributed by atoms with Crippen LogP contribution in [0.15, 0.2) is 79.1 Å². The number of hydrogen-bond acceptors (Lipinski definition) is 4. The highest BCUT2D eigenvalue weighted by atomic mass is 16.3. The Morgan fingerprint density at radius 3 is 2.42 bits per heavy atom. The molecule has 158 valence electrons. The molecule has 0 radical (unpaired) electrons. The van der Waals surface area contributed by atoms with Crippen LogP contribution in [0, 0.1) is 11.8 Å². The molecule has 2 heterocycles. The molecule has 4 heteroatoms. The van der Waals surface area contributed by atoms with Crippen molar-refractivity contribution in [3.05, 3.63) is 90.3 Å². The Morgan fingerprint density at radius 1 is 0.968 bits per heavy atom. The van der Waals surface area contributed by atoms with Crippen LogP contribution in [0.3, 0.4) is 0 Å². The molecule has 1 aliphatic carbocycles. The van der Waals surface area contributed by atoms with E-state index >= 15 is 0 Å². The fourth-order valence-electron chi connectivity index (χ4n) is 5.51. The molecule has 5 rings (SSSR count). The van der Waals surface area contributed by atoms with Gasteiger partial charge in [-0.25, -0.2) is 0 Å². The highest BCUT2D eigenvalue weighted by Gasteiger charge is 2.48. The van der Waals surface area contributed by atoms with E-state index in [0.29, 0.717) is 18.4 Å². The van der Waals surface area contributed by atoms with Gasteiger partial charge in [0.2, 0.25) is 0 Å². The number of rotatable bonds is 6. The number of hydrogen-bond donors (Lipinski definition) is 1. The van der Waals surface area contributed by atoms with Crippen molar-refractivity contribution in [3.8, 4) is 11.1 Å². The summed E-state index contributed by atoms with van der Waals surface area (Å²) in [6.07, 6.45) is 5.95. The summed E-state index contributed by atoms with van der Waals surface area (Å²) in [7, 11) is 0. The van der Waals surface area contributed by atoms with Crippen molar-refractivity contribution < 1.29 is 9.90 Å². The number of aliphatic hydroxyl groups is 1. The molecule has 0 spiro atoms. The zero-order valence-electron chi connectivity index (χ0n) is 17.7. The van der Waals surface area contributed by atoms with Crippen molar-refractivity contribution in [1.29, 1.82) is 0 Å². The largest absolute Gasteiger partial charge is 0.390 e. The smallest absolute Gasteiger partial charge is 0.176 e. The number of carbonyl (C=O) groups is 1. The van der Waals surface area contributed by atoms with Crippen molar-refractivity contribution in [2.45, 2.75) is 24.9 Å². The molecule has 31 heavy (non-hydrogen) atoms. The Kier molecular flexibility index (Phi) is 5.43. The quantitative estimate of drug-likeness (QED) is 0.615. The molecule has 3 aromatic rings. The lowest BCUT2D eigenvalue weighted by molar-refractivity contribution is 0.0355. The molecule has 0 amide bonds. The maximum atomic E-state index is 13.0. The Bertz CT molecular complexity index is 1040. The third-order valence-electron chi connectivity index (χ3n) is 6.86. The molecule has 1 aromatic heterocycles. The first-order valence-corrected chi connectivity index (χ1v) is 11.1. The van der Waals surface area contributed by atoms with Crippen LogP contribution in [0.4, 0.5) is 0 Å². The molecule has 1 saturated heterocycles. The van der Waals surface area contributed by atoms with Crippen molar-refractivity contribution in [1.82, 2.24) is 9.88 Å². The molecule has 1 unspecified atom stereocenters. The lowest BCUT2D eigenvalue weighted by Gasteiger charge is -2.26. The van der Waals surface area contributed by atoms with E-state index in [0.717, 1.165) is 49.0 Å². The van der Waals surface area contributed by atoms with Gasteiger partial charge >= 0.3 is 0 Å². The number of fused-ring (bicyclic) bond motifs is 1. The van der Waals surface area contributed by atoms with Gasteiger partial charge in [-0.15, -0.1) is 0 Å². The van der Waals surface area contributed by atoms with Crippen LogP contribution in [0.5, 0.6) is 0 Å². The molecule has 0 bridgehead atoms. The maximum absolute atomic E-state index is 13.0. The average molecular weight is 413 g/mol. The number of pyridine rings is 1. The van der Waals surface area contributed by atoms with Gasteiger partial charge in [0.1, 0.15) is 0 Å². The molecule has 1 aliphatic heterocycles. The van der Waals surface area contributed by atoms with Gasteiger partial charge in [0.05, 0.1) is 12.1 Å². The second-order valence-electron chi connectivity index (χ2n) is 9.25. The first-order valence-electron chi connectivity index (χ1n) is 11.1. The van der Waals surface area contributed by atoms with E-state index < -0.39 is 5.60 Å². The average Bonchev–Trinajstić information content (AvgIpc) is 3.28. The summed E-state index contributed by atoms with van der Waals surface area (Å²) >= 11 is 0. The number of likely N-dealkylation sites (tertiary alicyclic amines) is 1. The van der Waals surface area contributed by atoms with E-state index in [1.165, 1.54) is 5.56 Å². The molecule has 2 fully saturated rings. The summed E-state index contributed by atoms with van der Waals surface area (Å²) in [5.74, 6) is 1.11. The Morgan fingerprint density at radius 2 is 1.71 bits per heavy atom. The van der Waals surface area contributed by atoms with Gasteiger partial charge in [-0.3, -0.25) is 14.7 Å². The molecule has 2 aromatic carbocycles. The van der Waals surface area contributed by atoms with Gasteiger partial charge in [-0.05, 0) is 47.9 Å². The topological polar surface area (TPSA) is 53.4 Å². The van der Waals surface area contributed by atoms with Crippen LogP contribution < -0.4 is 0 Å². The van der Waals surface area contributed by atoms with Crippen molar-refractivity contribution in [2.75, 3.05) is 19.6 Å². The molecule has 4 nitrogen and oxygen atoms in total. The lowest BCUT2D eigenvalue weighted by Crippen LogP contribution is -2.34. The SMILES string of the molecule is O=C(CN1C[C@@H]2CC(O)(Cc3ccccc3)C[C@@H]2C1)c1cccc(-c2cccnc2)c1. The van der Waals surface area contributed by atoms with E-state index in [4.69, 9.17) is 0 Å². The minimum atomic E-state index is -0.606. The Hall–Kier alpha value is -2.82. The normalized spacial score (nSPS) is 25.5. The number of aromatic nitrogens is 1. The van der Waals surface area contributed by atoms with Crippen LogP contribution in [-0.2, 0) is 6.42 Å². The summed E-state index contributed by atoms with van der Waals surface area (Å²) < 4.78 is 0. The van der Waals surface area contributed by atoms with E-state index in [2.05, 4.69) is 22.0 Å². The van der Waals surface area contributed by atoms with Crippen molar-refractivity contribution in [2.24, 2.45) is 11.8 Å². The maximum Gasteiger partial charge on any atom is 0.176 e. The number of nitrogens with zero attached hydrogens (tertiary/aromatic N) is 2. The third-order valence-corrected chi connectivity index (χ3v) is 6.86. The van der Waals surface area contributed by atoms with E-state index in [1.807, 2.05) is 60.8 Å². The number of carbonyl (C=O) groups excluding carboxylic acids is 1. The monoisotopic (exact) mass is 412 g/mol. The minimum absolute atomic E-state index is 0.158.